The maximum atomic E-state index is 10.4. The van der Waals surface area contributed by atoms with E-state index in [1.54, 1.807) is 13.1 Å². The molecule has 3 nitrogen and oxygen atoms in total. The Balaban J connectivity index is 4.49. The predicted octanol–water partition coefficient (Wildman–Crippen LogP) is -0.264. The fraction of sp³-hybridized carbons (Fsp3) is 0.625. The molecule has 0 rings (SSSR count). The molecule has 0 fully saturated rings. The van der Waals surface area contributed by atoms with Crippen LogP contribution in [0.1, 0.15) is 13.3 Å². The first kappa shape index (κ1) is 10.2. The molecule has 0 spiro atoms. The average molecular weight is 157 g/mol. The molecule has 0 saturated carbocycles. The fourth-order valence-corrected chi connectivity index (χ4v) is 0.756. The van der Waals surface area contributed by atoms with Gasteiger partial charge in [-0.15, -0.1) is 0 Å². The maximum absolute atomic E-state index is 10.4. The van der Waals surface area contributed by atoms with Gasteiger partial charge in [0.1, 0.15) is 6.20 Å². The summed E-state index contributed by atoms with van der Waals surface area (Å²) in [5.41, 5.74) is 0.359. The number of hydrogen-bond donors (Lipinski definition) is 0. The zero-order valence-corrected chi connectivity index (χ0v) is 7.55. The number of carboxylic acid groups (broad SMARTS) is 1. The second-order valence-corrected chi connectivity index (χ2v) is 3.41. The minimum atomic E-state index is -1.07. The molecule has 64 valence electrons. The summed E-state index contributed by atoms with van der Waals surface area (Å²) < 4.78 is 0.511. The number of nitrogens with zero attached hydrogens (tertiary/aromatic N) is 1. The molecular formula is C8H15NO2. The summed E-state index contributed by atoms with van der Waals surface area (Å²) in [5, 5.41) is 10.4. The van der Waals surface area contributed by atoms with Crippen LogP contribution in [0.2, 0.25) is 0 Å². The molecule has 0 aromatic rings. The van der Waals surface area contributed by atoms with Crippen LogP contribution in [-0.4, -0.2) is 31.6 Å². The van der Waals surface area contributed by atoms with E-state index in [4.69, 9.17) is 0 Å². The smallest absolute Gasteiger partial charge is 0.100 e. The molecule has 0 radical (unpaired) electrons. The van der Waals surface area contributed by atoms with Crippen molar-refractivity contribution in [2.45, 2.75) is 13.3 Å². The molecule has 0 amide bonds. The second kappa shape index (κ2) is 3.53. The number of hydrogen-bond acceptors (Lipinski definition) is 2. The summed E-state index contributed by atoms with van der Waals surface area (Å²) in [6.45, 7) is 1.80. The molecule has 0 aliphatic rings. The lowest BCUT2D eigenvalue weighted by molar-refractivity contribution is -0.817. The molecule has 11 heavy (non-hydrogen) atoms. The van der Waals surface area contributed by atoms with Crippen molar-refractivity contribution in [3.63, 3.8) is 0 Å². The molecule has 0 saturated heterocycles. The molecule has 0 unspecified atom stereocenters. The third-order valence-corrected chi connectivity index (χ3v) is 1.19. The third kappa shape index (κ3) is 4.56. The van der Waals surface area contributed by atoms with E-state index in [-0.39, 0.29) is 0 Å². The highest BCUT2D eigenvalue weighted by Gasteiger charge is 2.05. The van der Waals surface area contributed by atoms with Crippen molar-refractivity contribution >= 4 is 5.97 Å². The Bertz CT molecular complexity index is 177. The highest BCUT2D eigenvalue weighted by Crippen LogP contribution is 2.03. The number of carboxylic acids is 1. The van der Waals surface area contributed by atoms with E-state index in [9.17, 15) is 9.90 Å². The Kier molecular flexibility index (Phi) is 3.26. The van der Waals surface area contributed by atoms with Crippen LogP contribution in [0.4, 0.5) is 0 Å². The molecule has 0 aromatic heterocycles. The second-order valence-electron chi connectivity index (χ2n) is 3.41. The van der Waals surface area contributed by atoms with Crippen molar-refractivity contribution in [2.75, 3.05) is 21.1 Å². The van der Waals surface area contributed by atoms with Crippen LogP contribution in [0, 0.1) is 0 Å². The maximum Gasteiger partial charge on any atom is 0.100 e. The van der Waals surface area contributed by atoms with Gasteiger partial charge in [0.15, 0.2) is 0 Å². The van der Waals surface area contributed by atoms with Crippen molar-refractivity contribution in [3.8, 4) is 0 Å². The number of quaternary nitrogens is 1. The van der Waals surface area contributed by atoms with Gasteiger partial charge in [-0.3, -0.25) is 0 Å². The number of carbonyl (C=O) groups excluding carboxylic acids is 1. The first-order valence-electron chi connectivity index (χ1n) is 3.61. The van der Waals surface area contributed by atoms with Crippen molar-refractivity contribution in [1.29, 1.82) is 0 Å². The minimum Gasteiger partial charge on any atom is -0.545 e. The van der Waals surface area contributed by atoms with Crippen LogP contribution in [0.15, 0.2) is 11.8 Å². The molecular weight excluding hydrogens is 142 g/mol. The SMILES string of the molecule is CCC(=C[N+](C)(C)C)C(=O)[O-]. The van der Waals surface area contributed by atoms with Gasteiger partial charge in [0.25, 0.3) is 0 Å². The Morgan fingerprint density at radius 1 is 1.45 bits per heavy atom. The highest BCUT2D eigenvalue weighted by molar-refractivity contribution is 5.84. The Morgan fingerprint density at radius 3 is 2.00 bits per heavy atom. The van der Waals surface area contributed by atoms with Gasteiger partial charge in [0.2, 0.25) is 0 Å². The lowest BCUT2D eigenvalue weighted by Crippen LogP contribution is -2.32. The Hall–Kier alpha value is -0.830. The predicted molar refractivity (Wildman–Crippen MR) is 41.4 cm³/mol. The summed E-state index contributed by atoms with van der Waals surface area (Å²) in [4.78, 5) is 10.4. The van der Waals surface area contributed by atoms with E-state index in [1.165, 1.54) is 0 Å². The number of rotatable bonds is 3. The summed E-state index contributed by atoms with van der Waals surface area (Å²) >= 11 is 0. The van der Waals surface area contributed by atoms with E-state index in [0.717, 1.165) is 0 Å². The van der Waals surface area contributed by atoms with Crippen molar-refractivity contribution in [2.24, 2.45) is 0 Å². The summed E-state index contributed by atoms with van der Waals surface area (Å²) in [6.07, 6.45) is 2.19. The lowest BCUT2D eigenvalue weighted by atomic mass is 10.2. The van der Waals surface area contributed by atoms with E-state index in [1.807, 2.05) is 21.1 Å². The van der Waals surface area contributed by atoms with Gasteiger partial charge in [-0.2, -0.15) is 0 Å². The summed E-state index contributed by atoms with van der Waals surface area (Å²) in [6, 6.07) is 0. The van der Waals surface area contributed by atoms with Gasteiger partial charge in [0, 0.05) is 5.57 Å². The number of aliphatic carboxylic acids is 1. The quantitative estimate of drug-likeness (QED) is 0.418. The minimum absolute atomic E-state index is 0.359. The Morgan fingerprint density at radius 2 is 1.91 bits per heavy atom. The van der Waals surface area contributed by atoms with Crippen LogP contribution >= 0.6 is 0 Å². The van der Waals surface area contributed by atoms with Gasteiger partial charge in [0.05, 0.1) is 27.1 Å². The van der Waals surface area contributed by atoms with Crippen molar-refractivity contribution in [3.05, 3.63) is 11.8 Å². The van der Waals surface area contributed by atoms with Gasteiger partial charge in [-0.1, -0.05) is 6.92 Å². The molecule has 0 aromatic carbocycles. The zero-order valence-electron chi connectivity index (χ0n) is 7.55. The molecule has 0 N–H and O–H groups in total. The molecule has 0 aliphatic heterocycles. The van der Waals surface area contributed by atoms with Crippen LogP contribution in [0.3, 0.4) is 0 Å². The summed E-state index contributed by atoms with van der Waals surface area (Å²) in [7, 11) is 5.70. The van der Waals surface area contributed by atoms with Crippen molar-refractivity contribution in [1.82, 2.24) is 0 Å². The van der Waals surface area contributed by atoms with E-state index in [2.05, 4.69) is 0 Å². The van der Waals surface area contributed by atoms with E-state index >= 15 is 0 Å². The largest absolute Gasteiger partial charge is 0.545 e. The Labute approximate surface area is 67.5 Å². The monoisotopic (exact) mass is 157 g/mol. The normalized spacial score (nSPS) is 13.3. The molecule has 0 atom stereocenters. The van der Waals surface area contributed by atoms with Crippen LogP contribution in [0.5, 0.6) is 0 Å². The average Bonchev–Trinajstić information content (AvgIpc) is 1.80. The summed E-state index contributed by atoms with van der Waals surface area (Å²) in [5.74, 6) is -1.07. The van der Waals surface area contributed by atoms with Crippen LogP contribution < -0.4 is 5.11 Å². The van der Waals surface area contributed by atoms with Crippen molar-refractivity contribution < 1.29 is 14.4 Å². The number of carbonyl (C=O) groups is 1. The van der Waals surface area contributed by atoms with Gasteiger partial charge < -0.3 is 14.4 Å². The van der Waals surface area contributed by atoms with E-state index < -0.39 is 5.97 Å². The lowest BCUT2D eigenvalue weighted by Gasteiger charge is -2.20. The van der Waals surface area contributed by atoms with Gasteiger partial charge >= 0.3 is 0 Å². The molecule has 0 bridgehead atoms. The topological polar surface area (TPSA) is 40.1 Å². The van der Waals surface area contributed by atoms with E-state index in [0.29, 0.717) is 16.5 Å². The third-order valence-electron chi connectivity index (χ3n) is 1.19. The first-order chi connectivity index (χ1) is 4.87. The van der Waals surface area contributed by atoms with Crippen LogP contribution in [-0.2, 0) is 4.79 Å². The molecule has 0 aliphatic carbocycles. The standard InChI is InChI=1S/C8H15NO2/c1-5-7(8(10)11)6-9(2,3)4/h6H,5H2,1-4H3. The fourth-order valence-electron chi connectivity index (χ4n) is 0.756. The first-order valence-corrected chi connectivity index (χ1v) is 3.61. The van der Waals surface area contributed by atoms with Gasteiger partial charge in [-0.25, -0.2) is 0 Å². The van der Waals surface area contributed by atoms with Gasteiger partial charge in [-0.05, 0) is 6.42 Å². The highest BCUT2D eigenvalue weighted by atomic mass is 16.4. The molecule has 0 heterocycles. The molecule has 3 heteroatoms. The zero-order chi connectivity index (χ0) is 9.07. The van der Waals surface area contributed by atoms with Crippen LogP contribution in [0.25, 0.3) is 0 Å².